The molecule has 2 N–H and O–H groups in total. The predicted molar refractivity (Wildman–Crippen MR) is 82.5 cm³/mol. The van der Waals surface area contributed by atoms with E-state index in [9.17, 15) is 0 Å². The van der Waals surface area contributed by atoms with Gasteiger partial charge >= 0.3 is 0 Å². The Morgan fingerprint density at radius 1 is 0.900 bits per heavy atom. The molecule has 0 spiro atoms. The zero-order chi connectivity index (χ0) is 13.9. The minimum atomic E-state index is 0.913. The molecule has 0 bridgehead atoms. The van der Waals surface area contributed by atoms with E-state index in [-0.39, 0.29) is 0 Å². The molecular weight excluding hydrogens is 248 g/mol. The summed E-state index contributed by atoms with van der Waals surface area (Å²) in [4.78, 5) is 14.9. The summed E-state index contributed by atoms with van der Waals surface area (Å²) in [6.07, 6.45) is 9.46. The molecule has 0 aliphatic heterocycles. The van der Waals surface area contributed by atoms with E-state index in [4.69, 9.17) is 0 Å². The lowest BCUT2D eigenvalue weighted by Crippen LogP contribution is -1.75. The molecule has 4 rings (SSSR count). The second-order valence-electron chi connectivity index (χ2n) is 4.23. The SMILES string of the molecule is CC.c1cnc2[nH]cc(-c3c[nH]c4cnccc34)c2c1. The Hall–Kier alpha value is -2.62. The van der Waals surface area contributed by atoms with Crippen LogP contribution in [0.3, 0.4) is 0 Å². The molecule has 0 unspecified atom stereocenters. The van der Waals surface area contributed by atoms with Crippen LogP contribution in [0.15, 0.2) is 49.2 Å². The van der Waals surface area contributed by atoms with Crippen LogP contribution in [-0.2, 0) is 0 Å². The molecule has 0 aliphatic carbocycles. The fourth-order valence-electron chi connectivity index (χ4n) is 2.37. The zero-order valence-electron chi connectivity index (χ0n) is 11.5. The number of pyridine rings is 2. The van der Waals surface area contributed by atoms with Crippen molar-refractivity contribution < 1.29 is 0 Å². The van der Waals surface area contributed by atoms with E-state index < -0.39 is 0 Å². The Kier molecular flexibility index (Phi) is 3.21. The molecule has 0 saturated heterocycles. The third-order valence-electron chi connectivity index (χ3n) is 3.22. The van der Waals surface area contributed by atoms with Gasteiger partial charge in [0, 0.05) is 46.7 Å². The molecule has 4 nitrogen and oxygen atoms in total. The first kappa shape index (κ1) is 12.4. The lowest BCUT2D eigenvalue weighted by atomic mass is 10.1. The van der Waals surface area contributed by atoms with E-state index in [1.807, 2.05) is 50.8 Å². The maximum atomic E-state index is 4.31. The van der Waals surface area contributed by atoms with Gasteiger partial charge in [0.15, 0.2) is 0 Å². The highest BCUT2D eigenvalue weighted by molar-refractivity contribution is 6.03. The van der Waals surface area contributed by atoms with Crippen molar-refractivity contribution in [1.82, 2.24) is 19.9 Å². The molecule has 4 aromatic rings. The Morgan fingerprint density at radius 3 is 2.60 bits per heavy atom. The summed E-state index contributed by atoms with van der Waals surface area (Å²) in [5.41, 5.74) is 4.30. The van der Waals surface area contributed by atoms with Gasteiger partial charge in [0.1, 0.15) is 5.65 Å². The summed E-state index contributed by atoms with van der Waals surface area (Å²) < 4.78 is 0. The number of rotatable bonds is 1. The molecule has 0 aromatic carbocycles. The first-order chi connectivity index (χ1) is 9.93. The van der Waals surface area contributed by atoms with Gasteiger partial charge in [0.2, 0.25) is 0 Å². The lowest BCUT2D eigenvalue weighted by molar-refractivity contribution is 1.33. The van der Waals surface area contributed by atoms with Crippen molar-refractivity contribution in [3.05, 3.63) is 49.2 Å². The van der Waals surface area contributed by atoms with Crippen LogP contribution in [0.5, 0.6) is 0 Å². The summed E-state index contributed by atoms with van der Waals surface area (Å²) >= 11 is 0. The van der Waals surface area contributed by atoms with Gasteiger partial charge in [-0.1, -0.05) is 13.8 Å². The smallest absolute Gasteiger partial charge is 0.137 e. The molecule has 0 atom stereocenters. The average molecular weight is 264 g/mol. The van der Waals surface area contributed by atoms with Crippen LogP contribution in [0.1, 0.15) is 13.8 Å². The van der Waals surface area contributed by atoms with Gasteiger partial charge in [0.25, 0.3) is 0 Å². The molecule has 0 fully saturated rings. The molecule has 4 aromatic heterocycles. The first-order valence-electron chi connectivity index (χ1n) is 6.77. The molecule has 0 amide bonds. The third-order valence-corrected chi connectivity index (χ3v) is 3.22. The fourth-order valence-corrected chi connectivity index (χ4v) is 2.37. The van der Waals surface area contributed by atoms with Gasteiger partial charge < -0.3 is 9.97 Å². The lowest BCUT2D eigenvalue weighted by Gasteiger charge is -1.96. The van der Waals surface area contributed by atoms with Crippen molar-refractivity contribution in [3.8, 4) is 11.1 Å². The zero-order valence-corrected chi connectivity index (χ0v) is 11.5. The van der Waals surface area contributed by atoms with Crippen molar-refractivity contribution in [1.29, 1.82) is 0 Å². The number of nitrogens with one attached hydrogen (secondary N) is 2. The summed E-state index contributed by atoms with van der Waals surface area (Å²) in [5, 5.41) is 2.31. The Labute approximate surface area is 116 Å². The van der Waals surface area contributed by atoms with Gasteiger partial charge in [0.05, 0.1) is 11.7 Å². The summed E-state index contributed by atoms with van der Waals surface area (Å²) in [5.74, 6) is 0. The van der Waals surface area contributed by atoms with Crippen molar-refractivity contribution in [2.45, 2.75) is 13.8 Å². The molecule has 20 heavy (non-hydrogen) atoms. The van der Waals surface area contributed by atoms with Crippen molar-refractivity contribution in [3.63, 3.8) is 0 Å². The number of H-pyrrole nitrogens is 2. The molecule has 0 saturated carbocycles. The third kappa shape index (κ3) is 1.86. The van der Waals surface area contributed by atoms with Crippen LogP contribution in [0.4, 0.5) is 0 Å². The van der Waals surface area contributed by atoms with Gasteiger partial charge in [-0.05, 0) is 18.2 Å². The minimum absolute atomic E-state index is 0.913. The van der Waals surface area contributed by atoms with E-state index in [1.165, 1.54) is 10.9 Å². The number of fused-ring (bicyclic) bond motifs is 2. The number of aromatic nitrogens is 4. The molecule has 4 heterocycles. The normalized spacial score (nSPS) is 10.5. The number of hydrogen-bond donors (Lipinski definition) is 2. The van der Waals surface area contributed by atoms with Crippen LogP contribution < -0.4 is 0 Å². The van der Waals surface area contributed by atoms with E-state index in [2.05, 4.69) is 26.0 Å². The maximum Gasteiger partial charge on any atom is 0.137 e. The summed E-state index contributed by atoms with van der Waals surface area (Å²) in [6.45, 7) is 4.00. The van der Waals surface area contributed by atoms with E-state index in [1.54, 1.807) is 6.20 Å². The Bertz CT molecular complexity index is 770. The highest BCUT2D eigenvalue weighted by Crippen LogP contribution is 2.32. The quantitative estimate of drug-likeness (QED) is 0.543. The maximum absolute atomic E-state index is 4.31. The summed E-state index contributed by atoms with van der Waals surface area (Å²) in [6, 6.07) is 6.06. The Morgan fingerprint density at radius 2 is 1.70 bits per heavy atom. The molecule has 4 heteroatoms. The van der Waals surface area contributed by atoms with Crippen LogP contribution in [-0.4, -0.2) is 19.9 Å². The fraction of sp³-hybridized carbons (Fsp3) is 0.125. The molecule has 0 aliphatic rings. The molecular formula is C16H16N4. The first-order valence-corrected chi connectivity index (χ1v) is 6.77. The predicted octanol–water partition coefficient (Wildman–Crippen LogP) is 4.13. The van der Waals surface area contributed by atoms with Gasteiger partial charge in [-0.25, -0.2) is 4.98 Å². The van der Waals surface area contributed by atoms with E-state index >= 15 is 0 Å². The van der Waals surface area contributed by atoms with Crippen LogP contribution in [0.2, 0.25) is 0 Å². The van der Waals surface area contributed by atoms with Gasteiger partial charge in [-0.3, -0.25) is 4.98 Å². The van der Waals surface area contributed by atoms with Crippen LogP contribution >= 0.6 is 0 Å². The summed E-state index contributed by atoms with van der Waals surface area (Å²) in [7, 11) is 0. The van der Waals surface area contributed by atoms with E-state index in [0.717, 1.165) is 22.1 Å². The number of nitrogens with zero attached hydrogens (tertiary/aromatic N) is 2. The molecule has 0 radical (unpaired) electrons. The van der Waals surface area contributed by atoms with Crippen molar-refractivity contribution >= 4 is 21.9 Å². The average Bonchev–Trinajstić information content (AvgIpc) is 3.12. The van der Waals surface area contributed by atoms with Crippen molar-refractivity contribution in [2.24, 2.45) is 0 Å². The van der Waals surface area contributed by atoms with Crippen LogP contribution in [0.25, 0.3) is 33.1 Å². The topological polar surface area (TPSA) is 57.4 Å². The minimum Gasteiger partial charge on any atom is -0.359 e. The Balaban J connectivity index is 0.000000581. The highest BCUT2D eigenvalue weighted by Gasteiger charge is 2.10. The van der Waals surface area contributed by atoms with Gasteiger partial charge in [-0.15, -0.1) is 0 Å². The van der Waals surface area contributed by atoms with Crippen molar-refractivity contribution in [2.75, 3.05) is 0 Å². The standard InChI is InChI=1S/C14H10N4.C2H6/c1-2-10-12(7-18-14(10)16-4-1)11-6-17-13-8-15-5-3-9(11)13;1-2/h1-8,17H,(H,16,18);1-2H3. The number of hydrogen-bond acceptors (Lipinski definition) is 2. The second-order valence-corrected chi connectivity index (χ2v) is 4.23. The monoisotopic (exact) mass is 264 g/mol. The van der Waals surface area contributed by atoms with E-state index in [0.29, 0.717) is 0 Å². The second kappa shape index (κ2) is 5.17. The highest BCUT2D eigenvalue weighted by atomic mass is 14.8. The molecule has 100 valence electrons. The largest absolute Gasteiger partial charge is 0.359 e. The van der Waals surface area contributed by atoms with Gasteiger partial charge in [-0.2, -0.15) is 0 Å². The number of aromatic amines is 2. The van der Waals surface area contributed by atoms with Crippen LogP contribution in [0, 0.1) is 0 Å².